The zero-order valence-electron chi connectivity index (χ0n) is 9.75. The van der Waals surface area contributed by atoms with E-state index in [0.717, 1.165) is 15.3 Å². The Morgan fingerprint density at radius 3 is 2.74 bits per heavy atom. The van der Waals surface area contributed by atoms with E-state index in [2.05, 4.69) is 9.99 Å². The first-order valence-corrected chi connectivity index (χ1v) is 6.20. The standard InChI is InChI=1S/C13H10FNO3S/c14-10-3-1-9(2-4-10)12-6-5-11(19-12)7-15-18-8-13(16)17/h1-7H,8H2,(H,16,17). The van der Waals surface area contributed by atoms with Crippen LogP contribution in [0.15, 0.2) is 41.6 Å². The number of rotatable bonds is 5. The maximum atomic E-state index is 12.8. The lowest BCUT2D eigenvalue weighted by molar-refractivity contribution is -0.142. The van der Waals surface area contributed by atoms with Gasteiger partial charge in [0.15, 0.2) is 0 Å². The molecule has 1 aromatic heterocycles. The fourth-order valence-corrected chi connectivity index (χ4v) is 2.25. The quantitative estimate of drug-likeness (QED) is 0.676. The van der Waals surface area contributed by atoms with Crippen LogP contribution in [0.5, 0.6) is 0 Å². The number of aliphatic carboxylic acids is 1. The molecule has 2 rings (SSSR count). The van der Waals surface area contributed by atoms with Gasteiger partial charge in [-0.3, -0.25) is 0 Å². The van der Waals surface area contributed by atoms with Gasteiger partial charge in [-0.05, 0) is 29.8 Å². The van der Waals surface area contributed by atoms with E-state index in [1.807, 2.05) is 12.1 Å². The van der Waals surface area contributed by atoms with Crippen molar-refractivity contribution in [3.05, 3.63) is 47.1 Å². The van der Waals surface area contributed by atoms with Gasteiger partial charge >= 0.3 is 5.97 Å². The van der Waals surface area contributed by atoms with E-state index in [-0.39, 0.29) is 5.82 Å². The lowest BCUT2D eigenvalue weighted by Crippen LogP contribution is -2.03. The first-order valence-electron chi connectivity index (χ1n) is 5.38. The monoisotopic (exact) mass is 279 g/mol. The third-order valence-corrected chi connectivity index (χ3v) is 3.27. The highest BCUT2D eigenvalue weighted by molar-refractivity contribution is 7.17. The molecule has 1 aromatic carbocycles. The van der Waals surface area contributed by atoms with E-state index in [9.17, 15) is 9.18 Å². The van der Waals surface area contributed by atoms with Gasteiger partial charge in [0.1, 0.15) is 5.82 Å². The molecule has 0 amide bonds. The van der Waals surface area contributed by atoms with Crippen LogP contribution in [0.4, 0.5) is 4.39 Å². The second-order valence-electron chi connectivity index (χ2n) is 3.61. The number of halogens is 1. The van der Waals surface area contributed by atoms with E-state index < -0.39 is 12.6 Å². The number of oxime groups is 1. The lowest BCUT2D eigenvalue weighted by Gasteiger charge is -1.95. The predicted octanol–water partition coefficient (Wildman–Crippen LogP) is 2.99. The number of hydrogen-bond acceptors (Lipinski definition) is 4. The fourth-order valence-electron chi connectivity index (χ4n) is 1.37. The number of thiophene rings is 1. The summed E-state index contributed by atoms with van der Waals surface area (Å²) in [6.07, 6.45) is 1.45. The van der Waals surface area contributed by atoms with Crippen LogP contribution in [0.25, 0.3) is 10.4 Å². The van der Waals surface area contributed by atoms with Crippen molar-refractivity contribution in [3.8, 4) is 10.4 Å². The fraction of sp³-hybridized carbons (Fsp3) is 0.0769. The normalized spacial score (nSPS) is 10.8. The van der Waals surface area contributed by atoms with Gasteiger partial charge in [0.2, 0.25) is 6.61 Å². The van der Waals surface area contributed by atoms with Crippen LogP contribution in [0.2, 0.25) is 0 Å². The Labute approximate surface area is 112 Å². The van der Waals surface area contributed by atoms with Gasteiger partial charge in [-0.1, -0.05) is 17.3 Å². The second-order valence-corrected chi connectivity index (χ2v) is 4.73. The molecule has 19 heavy (non-hydrogen) atoms. The van der Waals surface area contributed by atoms with Gasteiger partial charge in [-0.25, -0.2) is 9.18 Å². The number of benzene rings is 1. The number of nitrogens with zero attached hydrogens (tertiary/aromatic N) is 1. The summed E-state index contributed by atoms with van der Waals surface area (Å²) < 4.78 is 12.8. The van der Waals surface area contributed by atoms with Crippen LogP contribution in [0.3, 0.4) is 0 Å². The molecular weight excluding hydrogens is 269 g/mol. The maximum Gasteiger partial charge on any atom is 0.344 e. The minimum atomic E-state index is -1.07. The Kier molecular flexibility index (Phi) is 4.25. The lowest BCUT2D eigenvalue weighted by atomic mass is 10.2. The van der Waals surface area contributed by atoms with Crippen LogP contribution in [0.1, 0.15) is 4.88 Å². The average Bonchev–Trinajstić information content (AvgIpc) is 2.84. The Balaban J connectivity index is 2.02. The summed E-state index contributed by atoms with van der Waals surface area (Å²) in [6, 6.07) is 9.91. The van der Waals surface area contributed by atoms with Gasteiger partial charge < -0.3 is 9.94 Å². The molecule has 0 aliphatic heterocycles. The average molecular weight is 279 g/mol. The second kappa shape index (κ2) is 6.10. The summed E-state index contributed by atoms with van der Waals surface area (Å²) in [7, 11) is 0. The maximum absolute atomic E-state index is 12.8. The molecule has 0 atom stereocenters. The predicted molar refractivity (Wildman–Crippen MR) is 70.9 cm³/mol. The van der Waals surface area contributed by atoms with Gasteiger partial charge in [0.05, 0.1) is 6.21 Å². The van der Waals surface area contributed by atoms with Crippen LogP contribution in [-0.4, -0.2) is 23.9 Å². The van der Waals surface area contributed by atoms with Gasteiger partial charge in [0.25, 0.3) is 0 Å². The Morgan fingerprint density at radius 2 is 2.05 bits per heavy atom. The van der Waals surface area contributed by atoms with Gasteiger partial charge in [-0.2, -0.15) is 0 Å². The van der Waals surface area contributed by atoms with Crippen LogP contribution >= 0.6 is 11.3 Å². The summed E-state index contributed by atoms with van der Waals surface area (Å²) in [5, 5.41) is 11.9. The third-order valence-electron chi connectivity index (χ3n) is 2.20. The molecule has 0 bridgehead atoms. The summed E-state index contributed by atoms with van der Waals surface area (Å²) in [5.41, 5.74) is 0.914. The first kappa shape index (κ1) is 13.2. The molecule has 1 N–H and O–H groups in total. The smallest absolute Gasteiger partial charge is 0.344 e. The van der Waals surface area contributed by atoms with E-state index in [0.29, 0.717) is 0 Å². The van der Waals surface area contributed by atoms with E-state index in [1.54, 1.807) is 12.1 Å². The number of carboxylic acid groups (broad SMARTS) is 1. The highest BCUT2D eigenvalue weighted by Gasteiger charge is 2.02. The van der Waals surface area contributed by atoms with Crippen molar-refractivity contribution in [2.24, 2.45) is 5.16 Å². The molecule has 0 radical (unpaired) electrons. The molecule has 98 valence electrons. The van der Waals surface area contributed by atoms with Crippen molar-refractivity contribution >= 4 is 23.5 Å². The number of carboxylic acids is 1. The van der Waals surface area contributed by atoms with Crippen molar-refractivity contribution < 1.29 is 19.1 Å². The minimum Gasteiger partial charge on any atom is -0.479 e. The Bertz CT molecular complexity index is 592. The number of carbonyl (C=O) groups is 1. The minimum absolute atomic E-state index is 0.274. The summed E-state index contributed by atoms with van der Waals surface area (Å²) in [4.78, 5) is 16.6. The topological polar surface area (TPSA) is 58.9 Å². The van der Waals surface area contributed by atoms with Crippen LogP contribution < -0.4 is 0 Å². The Hall–Kier alpha value is -2.21. The van der Waals surface area contributed by atoms with Crippen molar-refractivity contribution in [1.29, 1.82) is 0 Å². The Morgan fingerprint density at radius 1 is 1.32 bits per heavy atom. The summed E-state index contributed by atoms with van der Waals surface area (Å²) in [5.74, 6) is -1.35. The molecular formula is C13H10FNO3S. The molecule has 2 aromatic rings. The summed E-state index contributed by atoms with van der Waals surface area (Å²) >= 11 is 1.45. The molecule has 0 saturated heterocycles. The van der Waals surface area contributed by atoms with E-state index in [1.165, 1.54) is 29.7 Å². The molecule has 0 saturated carbocycles. The first-order chi connectivity index (χ1) is 9.15. The highest BCUT2D eigenvalue weighted by Crippen LogP contribution is 2.27. The van der Waals surface area contributed by atoms with Gasteiger partial charge in [-0.15, -0.1) is 11.3 Å². The van der Waals surface area contributed by atoms with Gasteiger partial charge in [0, 0.05) is 9.75 Å². The molecule has 0 aliphatic rings. The molecule has 0 fully saturated rings. The molecule has 0 unspecified atom stereocenters. The molecule has 0 aliphatic carbocycles. The highest BCUT2D eigenvalue weighted by atomic mass is 32.1. The van der Waals surface area contributed by atoms with Crippen LogP contribution in [0, 0.1) is 5.82 Å². The van der Waals surface area contributed by atoms with Crippen molar-refractivity contribution in [2.45, 2.75) is 0 Å². The third kappa shape index (κ3) is 3.89. The zero-order valence-corrected chi connectivity index (χ0v) is 10.6. The molecule has 6 heteroatoms. The zero-order chi connectivity index (χ0) is 13.7. The van der Waals surface area contributed by atoms with E-state index >= 15 is 0 Å². The number of hydrogen-bond donors (Lipinski definition) is 1. The van der Waals surface area contributed by atoms with Crippen molar-refractivity contribution in [1.82, 2.24) is 0 Å². The molecule has 1 heterocycles. The largest absolute Gasteiger partial charge is 0.479 e. The molecule has 4 nitrogen and oxygen atoms in total. The van der Waals surface area contributed by atoms with E-state index in [4.69, 9.17) is 5.11 Å². The summed E-state index contributed by atoms with van der Waals surface area (Å²) in [6.45, 7) is -0.466. The molecule has 0 spiro atoms. The van der Waals surface area contributed by atoms with Crippen molar-refractivity contribution in [2.75, 3.05) is 6.61 Å². The van der Waals surface area contributed by atoms with Crippen molar-refractivity contribution in [3.63, 3.8) is 0 Å². The SMILES string of the molecule is O=C(O)CON=Cc1ccc(-c2ccc(F)cc2)s1. The van der Waals surface area contributed by atoms with Crippen LogP contribution in [-0.2, 0) is 9.63 Å².